The summed E-state index contributed by atoms with van der Waals surface area (Å²) in [5, 5.41) is 3.49. The summed E-state index contributed by atoms with van der Waals surface area (Å²) in [6, 6.07) is 16.2. The van der Waals surface area contributed by atoms with Gasteiger partial charge in [0.15, 0.2) is 6.61 Å². The number of hydrogen-bond acceptors (Lipinski definition) is 7. The highest BCUT2D eigenvalue weighted by molar-refractivity contribution is 7.99. The van der Waals surface area contributed by atoms with Crippen LogP contribution in [0.4, 0.5) is 11.6 Å². The van der Waals surface area contributed by atoms with E-state index >= 15 is 0 Å². The van der Waals surface area contributed by atoms with E-state index in [4.69, 9.17) is 16.3 Å². The van der Waals surface area contributed by atoms with Gasteiger partial charge in [-0.05, 0) is 55.3 Å². The fourth-order valence-corrected chi connectivity index (χ4v) is 4.43. The minimum absolute atomic E-state index is 0.362. The lowest BCUT2D eigenvalue weighted by atomic mass is 10.2. The van der Waals surface area contributed by atoms with Gasteiger partial charge in [0, 0.05) is 33.8 Å². The molecule has 0 spiro atoms. The molecule has 2 heterocycles. The van der Waals surface area contributed by atoms with Crippen molar-refractivity contribution in [2.24, 2.45) is 0 Å². The molecule has 1 aromatic heterocycles. The molecule has 0 aliphatic carbocycles. The van der Waals surface area contributed by atoms with Crippen molar-refractivity contribution in [1.29, 1.82) is 0 Å². The van der Waals surface area contributed by atoms with Crippen LogP contribution < -0.4 is 10.2 Å². The number of benzene rings is 2. The van der Waals surface area contributed by atoms with Crippen molar-refractivity contribution in [1.82, 2.24) is 9.97 Å². The van der Waals surface area contributed by atoms with Gasteiger partial charge in [0.25, 0.3) is 5.91 Å². The molecule has 1 aliphatic rings. The monoisotopic (exact) mass is 468 g/mol. The normalized spacial score (nSPS) is 15.4. The van der Waals surface area contributed by atoms with Crippen molar-refractivity contribution in [3.8, 4) is 0 Å². The van der Waals surface area contributed by atoms with Crippen LogP contribution in [0.15, 0.2) is 76.8 Å². The maximum Gasteiger partial charge on any atom is 0.329 e. The van der Waals surface area contributed by atoms with Crippen molar-refractivity contribution in [3.05, 3.63) is 72.0 Å². The van der Waals surface area contributed by atoms with Gasteiger partial charge in [-0.15, -0.1) is 0 Å². The highest BCUT2D eigenvalue weighted by Crippen LogP contribution is 2.33. The van der Waals surface area contributed by atoms with Crippen LogP contribution in [0.1, 0.15) is 12.8 Å². The number of rotatable bonds is 7. The van der Waals surface area contributed by atoms with Crippen LogP contribution in [-0.2, 0) is 14.3 Å². The predicted molar refractivity (Wildman–Crippen MR) is 124 cm³/mol. The van der Waals surface area contributed by atoms with Gasteiger partial charge in [-0.3, -0.25) is 4.79 Å². The fraction of sp³-hybridized carbons (Fsp3) is 0.217. The smallest absolute Gasteiger partial charge is 0.329 e. The number of hydrogen-bond donors (Lipinski definition) is 1. The van der Waals surface area contributed by atoms with Crippen LogP contribution in [0.2, 0.25) is 5.02 Å². The van der Waals surface area contributed by atoms with Crippen LogP contribution in [0.3, 0.4) is 0 Å². The lowest BCUT2D eigenvalue weighted by Crippen LogP contribution is -2.39. The summed E-state index contributed by atoms with van der Waals surface area (Å²) in [6.45, 7) is 0.310. The number of nitrogens with one attached hydrogen (secondary N) is 1. The molecule has 32 heavy (non-hydrogen) atoms. The third kappa shape index (κ3) is 5.57. The molecule has 1 atom stereocenters. The summed E-state index contributed by atoms with van der Waals surface area (Å²) < 4.78 is 5.31. The molecule has 3 aromatic rings. The molecular weight excluding hydrogens is 448 g/mol. The van der Waals surface area contributed by atoms with Gasteiger partial charge in [-0.25, -0.2) is 14.8 Å². The fourth-order valence-electron chi connectivity index (χ4n) is 3.40. The zero-order valence-electron chi connectivity index (χ0n) is 17.1. The van der Waals surface area contributed by atoms with Crippen LogP contribution in [0.5, 0.6) is 0 Å². The average Bonchev–Trinajstić information content (AvgIpc) is 3.31. The summed E-state index contributed by atoms with van der Waals surface area (Å²) >= 11 is 7.45. The van der Waals surface area contributed by atoms with Crippen LogP contribution >= 0.6 is 23.4 Å². The molecule has 0 bridgehead atoms. The molecule has 1 saturated heterocycles. The van der Waals surface area contributed by atoms with Gasteiger partial charge in [0.1, 0.15) is 6.04 Å². The van der Waals surface area contributed by atoms with E-state index in [0.29, 0.717) is 29.6 Å². The maximum atomic E-state index is 12.6. The Labute approximate surface area is 195 Å². The van der Waals surface area contributed by atoms with Gasteiger partial charge in [-0.1, -0.05) is 35.5 Å². The third-order valence-electron chi connectivity index (χ3n) is 4.88. The summed E-state index contributed by atoms with van der Waals surface area (Å²) in [5.74, 6) is -0.360. The molecule has 1 N–H and O–H groups in total. The second kappa shape index (κ2) is 10.5. The Bertz CT molecular complexity index is 1080. The first-order valence-corrected chi connectivity index (χ1v) is 11.3. The van der Waals surface area contributed by atoms with Crippen molar-refractivity contribution < 1.29 is 14.3 Å². The second-order valence-electron chi connectivity index (χ2n) is 7.11. The molecule has 0 radical (unpaired) electrons. The van der Waals surface area contributed by atoms with Gasteiger partial charge in [0.2, 0.25) is 5.95 Å². The summed E-state index contributed by atoms with van der Waals surface area (Å²) in [4.78, 5) is 37.2. The third-order valence-corrected chi connectivity index (χ3v) is 6.22. The Morgan fingerprint density at radius 2 is 1.84 bits per heavy atom. The van der Waals surface area contributed by atoms with E-state index < -0.39 is 17.9 Å². The predicted octanol–water partition coefficient (Wildman–Crippen LogP) is 4.43. The van der Waals surface area contributed by atoms with Gasteiger partial charge < -0.3 is 15.0 Å². The maximum absolute atomic E-state index is 12.6. The first-order valence-electron chi connectivity index (χ1n) is 10.1. The topological polar surface area (TPSA) is 84.4 Å². The van der Waals surface area contributed by atoms with Crippen molar-refractivity contribution >= 4 is 46.9 Å². The molecule has 164 valence electrons. The summed E-state index contributed by atoms with van der Waals surface area (Å²) in [5.41, 5.74) is 0.647. The summed E-state index contributed by atoms with van der Waals surface area (Å²) in [6.07, 6.45) is 4.74. The quantitative estimate of drug-likeness (QED) is 0.513. The van der Waals surface area contributed by atoms with E-state index in [1.165, 1.54) is 11.8 Å². The average molecular weight is 469 g/mol. The van der Waals surface area contributed by atoms with Crippen LogP contribution in [0.25, 0.3) is 0 Å². The first-order chi connectivity index (χ1) is 15.6. The van der Waals surface area contributed by atoms with E-state index in [-0.39, 0.29) is 6.61 Å². The van der Waals surface area contributed by atoms with E-state index in [2.05, 4.69) is 15.3 Å². The molecule has 4 rings (SSSR count). The molecule has 1 aliphatic heterocycles. The molecule has 7 nitrogen and oxygen atoms in total. The zero-order valence-corrected chi connectivity index (χ0v) is 18.7. The molecule has 1 amide bonds. The number of esters is 1. The standard InChI is InChI=1S/C23H21ClN4O3S/c24-16-8-10-17(11-9-16)32-20-7-2-1-5-18(20)27-21(29)15-31-22(30)19-6-3-14-28(19)23-25-12-4-13-26-23/h1-2,4-5,7-13,19H,3,6,14-15H2,(H,27,29)/t19-/m1/s1. The molecule has 0 unspecified atom stereocenters. The number of anilines is 2. The Balaban J connectivity index is 1.34. The van der Waals surface area contributed by atoms with Gasteiger partial charge >= 0.3 is 5.97 Å². The molecule has 9 heteroatoms. The highest BCUT2D eigenvalue weighted by Gasteiger charge is 2.33. The number of nitrogens with zero attached hydrogens (tertiary/aromatic N) is 3. The number of carbonyl (C=O) groups excluding carboxylic acids is 2. The van der Waals surface area contributed by atoms with E-state index in [0.717, 1.165) is 16.2 Å². The minimum Gasteiger partial charge on any atom is -0.454 e. The Morgan fingerprint density at radius 3 is 2.62 bits per heavy atom. The number of amides is 1. The number of halogens is 1. The van der Waals surface area contributed by atoms with Crippen LogP contribution in [-0.4, -0.2) is 41.0 Å². The summed E-state index contributed by atoms with van der Waals surface area (Å²) in [7, 11) is 0. The van der Waals surface area contributed by atoms with E-state index in [1.54, 1.807) is 18.5 Å². The van der Waals surface area contributed by atoms with E-state index in [1.807, 2.05) is 53.4 Å². The van der Waals surface area contributed by atoms with Gasteiger partial charge in [0.05, 0.1) is 5.69 Å². The van der Waals surface area contributed by atoms with Crippen LogP contribution in [0, 0.1) is 0 Å². The molecule has 0 saturated carbocycles. The van der Waals surface area contributed by atoms with Gasteiger partial charge in [-0.2, -0.15) is 0 Å². The first kappa shape index (κ1) is 22.1. The Hall–Kier alpha value is -3.10. The molecular formula is C23H21ClN4O3S. The van der Waals surface area contributed by atoms with Crippen molar-refractivity contribution in [2.45, 2.75) is 28.7 Å². The molecule has 1 fully saturated rings. The largest absolute Gasteiger partial charge is 0.454 e. The second-order valence-corrected chi connectivity index (χ2v) is 8.66. The van der Waals surface area contributed by atoms with Crippen molar-refractivity contribution in [3.63, 3.8) is 0 Å². The number of para-hydroxylation sites is 1. The number of ether oxygens (including phenoxy) is 1. The molecule has 2 aromatic carbocycles. The Morgan fingerprint density at radius 1 is 1.09 bits per heavy atom. The number of carbonyl (C=O) groups is 2. The lowest BCUT2D eigenvalue weighted by molar-refractivity contribution is -0.148. The minimum atomic E-state index is -0.488. The van der Waals surface area contributed by atoms with E-state index in [9.17, 15) is 9.59 Å². The zero-order chi connectivity index (χ0) is 22.3. The Kier molecular flexibility index (Phi) is 7.24. The SMILES string of the molecule is O=C(COC(=O)[C@H]1CCCN1c1ncccn1)Nc1ccccc1Sc1ccc(Cl)cc1. The lowest BCUT2D eigenvalue weighted by Gasteiger charge is -2.22. The highest BCUT2D eigenvalue weighted by atomic mass is 35.5. The van der Waals surface area contributed by atoms with Crippen molar-refractivity contribution in [2.75, 3.05) is 23.4 Å². The number of aromatic nitrogens is 2.